The van der Waals surface area contributed by atoms with E-state index in [-0.39, 0.29) is 5.91 Å². The summed E-state index contributed by atoms with van der Waals surface area (Å²) in [5.41, 5.74) is 1.07. The van der Waals surface area contributed by atoms with E-state index in [1.165, 1.54) is 0 Å². The molecule has 0 unspecified atom stereocenters. The average molecular weight is 254 g/mol. The summed E-state index contributed by atoms with van der Waals surface area (Å²) in [4.78, 5) is 16.3. The Labute approximate surface area is 111 Å². The molecule has 4 heteroatoms. The first-order valence-corrected chi connectivity index (χ1v) is 6.78. The lowest BCUT2D eigenvalue weighted by atomic mass is 10.3. The molecule has 4 nitrogen and oxygen atoms in total. The van der Waals surface area contributed by atoms with Crippen molar-refractivity contribution in [1.29, 1.82) is 0 Å². The van der Waals surface area contributed by atoms with Gasteiger partial charge in [0.2, 0.25) is 5.91 Å². The van der Waals surface area contributed by atoms with Gasteiger partial charge >= 0.3 is 0 Å². The Morgan fingerprint density at radius 1 is 1.22 bits per heavy atom. The normalized spacial score (nSPS) is 17.4. The highest BCUT2D eigenvalue weighted by atomic mass is 16.5. The number of ether oxygens (including phenoxy) is 1. The highest BCUT2D eigenvalue weighted by Gasteiger charge is 2.17. The van der Waals surface area contributed by atoms with Crippen LogP contribution in [-0.4, -0.2) is 62.1 Å². The minimum absolute atomic E-state index is 0.161. The quantitative estimate of drug-likeness (QED) is 0.551. The van der Waals surface area contributed by atoms with Crippen LogP contribution in [-0.2, 0) is 9.53 Å². The van der Waals surface area contributed by atoms with E-state index in [0.717, 1.165) is 57.7 Å². The smallest absolute Gasteiger partial charge is 0.246 e. The third-order valence-corrected chi connectivity index (χ3v) is 3.14. The number of amides is 1. The molecule has 18 heavy (non-hydrogen) atoms. The molecule has 0 bridgehead atoms. The second-order valence-electron chi connectivity index (χ2n) is 5.09. The van der Waals surface area contributed by atoms with Crippen molar-refractivity contribution in [2.45, 2.75) is 26.7 Å². The Hall–Kier alpha value is -0.870. The van der Waals surface area contributed by atoms with Gasteiger partial charge in [0, 0.05) is 46.0 Å². The third kappa shape index (κ3) is 5.65. The number of methoxy groups -OCH3 is 1. The molecule has 0 aromatic carbocycles. The third-order valence-electron chi connectivity index (χ3n) is 3.14. The predicted molar refractivity (Wildman–Crippen MR) is 73.6 cm³/mol. The van der Waals surface area contributed by atoms with E-state index in [1.54, 1.807) is 13.2 Å². The number of nitrogens with zero attached hydrogens (tertiary/aromatic N) is 2. The van der Waals surface area contributed by atoms with Crippen molar-refractivity contribution in [3.05, 3.63) is 11.6 Å². The van der Waals surface area contributed by atoms with E-state index in [9.17, 15) is 4.79 Å². The minimum Gasteiger partial charge on any atom is -0.385 e. The monoisotopic (exact) mass is 254 g/mol. The van der Waals surface area contributed by atoms with Crippen molar-refractivity contribution in [2.75, 3.05) is 46.4 Å². The molecule has 0 aromatic rings. The van der Waals surface area contributed by atoms with Crippen LogP contribution in [0.25, 0.3) is 0 Å². The summed E-state index contributed by atoms with van der Waals surface area (Å²) in [6.07, 6.45) is 3.87. The summed E-state index contributed by atoms with van der Waals surface area (Å²) in [6, 6.07) is 0. The first-order valence-electron chi connectivity index (χ1n) is 6.78. The maximum Gasteiger partial charge on any atom is 0.246 e. The second-order valence-corrected chi connectivity index (χ2v) is 5.09. The van der Waals surface area contributed by atoms with Crippen molar-refractivity contribution >= 4 is 5.91 Å². The van der Waals surface area contributed by atoms with Gasteiger partial charge in [0.15, 0.2) is 0 Å². The fourth-order valence-corrected chi connectivity index (χ4v) is 2.19. The highest BCUT2D eigenvalue weighted by Crippen LogP contribution is 2.05. The fourth-order valence-electron chi connectivity index (χ4n) is 2.19. The molecule has 0 atom stereocenters. The largest absolute Gasteiger partial charge is 0.385 e. The van der Waals surface area contributed by atoms with Crippen molar-refractivity contribution in [1.82, 2.24) is 9.80 Å². The summed E-state index contributed by atoms with van der Waals surface area (Å²) in [7, 11) is 1.74. The minimum atomic E-state index is 0.161. The summed E-state index contributed by atoms with van der Waals surface area (Å²) in [5.74, 6) is 0.161. The summed E-state index contributed by atoms with van der Waals surface area (Å²) in [5, 5.41) is 0. The van der Waals surface area contributed by atoms with Crippen molar-refractivity contribution in [3.8, 4) is 0 Å². The Morgan fingerprint density at radius 3 is 2.67 bits per heavy atom. The van der Waals surface area contributed by atoms with Crippen LogP contribution in [0.5, 0.6) is 0 Å². The molecule has 1 fully saturated rings. The van der Waals surface area contributed by atoms with Gasteiger partial charge in [-0.1, -0.05) is 5.57 Å². The second kappa shape index (κ2) is 8.27. The lowest BCUT2D eigenvalue weighted by molar-refractivity contribution is -0.125. The number of hydrogen-bond donors (Lipinski definition) is 0. The van der Waals surface area contributed by atoms with Gasteiger partial charge in [-0.3, -0.25) is 4.79 Å². The van der Waals surface area contributed by atoms with Crippen molar-refractivity contribution in [3.63, 3.8) is 0 Å². The van der Waals surface area contributed by atoms with Crippen molar-refractivity contribution in [2.24, 2.45) is 0 Å². The van der Waals surface area contributed by atoms with Crippen LogP contribution in [0.4, 0.5) is 0 Å². The molecule has 1 rings (SSSR count). The molecule has 104 valence electrons. The van der Waals surface area contributed by atoms with E-state index in [1.807, 2.05) is 18.7 Å². The highest BCUT2D eigenvalue weighted by molar-refractivity contribution is 5.88. The van der Waals surface area contributed by atoms with Crippen LogP contribution in [0.3, 0.4) is 0 Å². The SMILES string of the molecule is COCCCN1CCCN(C(=O)C=C(C)C)CC1. The van der Waals surface area contributed by atoms with Gasteiger partial charge < -0.3 is 14.5 Å². The van der Waals surface area contributed by atoms with Crippen LogP contribution in [0, 0.1) is 0 Å². The van der Waals surface area contributed by atoms with Gasteiger partial charge in [0.25, 0.3) is 0 Å². The molecule has 1 amide bonds. The molecule has 0 aromatic heterocycles. The summed E-state index contributed by atoms with van der Waals surface area (Å²) >= 11 is 0. The number of carbonyl (C=O) groups excluding carboxylic acids is 1. The first kappa shape index (κ1) is 15.2. The molecule has 0 spiro atoms. The number of hydrogen-bond acceptors (Lipinski definition) is 3. The molecular weight excluding hydrogens is 228 g/mol. The van der Waals surface area contributed by atoms with Gasteiger partial charge in [-0.05, 0) is 33.2 Å². The molecule has 0 aliphatic carbocycles. The van der Waals surface area contributed by atoms with E-state index in [2.05, 4.69) is 4.90 Å². The van der Waals surface area contributed by atoms with Crippen LogP contribution >= 0.6 is 0 Å². The standard InChI is InChI=1S/C14H26N2O2/c1-13(2)12-14(17)16-8-4-6-15(9-10-16)7-5-11-18-3/h12H,4-11H2,1-3H3. The van der Waals surface area contributed by atoms with Gasteiger partial charge in [0.05, 0.1) is 0 Å². The maximum atomic E-state index is 11.9. The Kier molecular flexibility index (Phi) is 6.98. The molecule has 1 heterocycles. The Morgan fingerprint density at radius 2 is 2.00 bits per heavy atom. The van der Waals surface area contributed by atoms with E-state index in [0.29, 0.717) is 0 Å². The zero-order valence-corrected chi connectivity index (χ0v) is 11.9. The zero-order valence-electron chi connectivity index (χ0n) is 11.9. The summed E-state index contributed by atoms with van der Waals surface area (Å²) in [6.45, 7) is 9.60. The molecule has 0 radical (unpaired) electrons. The lowest BCUT2D eigenvalue weighted by Crippen LogP contribution is -2.34. The van der Waals surface area contributed by atoms with E-state index in [4.69, 9.17) is 4.74 Å². The Bertz CT molecular complexity index is 286. The van der Waals surface area contributed by atoms with Gasteiger partial charge in [0.1, 0.15) is 0 Å². The number of rotatable bonds is 5. The van der Waals surface area contributed by atoms with E-state index < -0.39 is 0 Å². The number of carbonyl (C=O) groups is 1. The molecule has 1 aliphatic heterocycles. The van der Waals surface area contributed by atoms with Crippen LogP contribution in [0.15, 0.2) is 11.6 Å². The summed E-state index contributed by atoms with van der Waals surface area (Å²) < 4.78 is 5.07. The van der Waals surface area contributed by atoms with Gasteiger partial charge in [-0.2, -0.15) is 0 Å². The lowest BCUT2D eigenvalue weighted by Gasteiger charge is -2.21. The van der Waals surface area contributed by atoms with Gasteiger partial charge in [-0.15, -0.1) is 0 Å². The molecule has 0 saturated carbocycles. The Balaban J connectivity index is 2.36. The van der Waals surface area contributed by atoms with E-state index >= 15 is 0 Å². The first-order chi connectivity index (χ1) is 8.63. The maximum absolute atomic E-state index is 11.9. The topological polar surface area (TPSA) is 32.8 Å². The van der Waals surface area contributed by atoms with Crippen LogP contribution < -0.4 is 0 Å². The number of allylic oxidation sites excluding steroid dienone is 1. The van der Waals surface area contributed by atoms with Crippen LogP contribution in [0.1, 0.15) is 26.7 Å². The average Bonchev–Trinajstić information content (AvgIpc) is 2.54. The van der Waals surface area contributed by atoms with Gasteiger partial charge in [-0.25, -0.2) is 0 Å². The predicted octanol–water partition coefficient (Wildman–Crippen LogP) is 1.52. The molecule has 0 N–H and O–H groups in total. The van der Waals surface area contributed by atoms with Crippen LogP contribution in [0.2, 0.25) is 0 Å². The zero-order chi connectivity index (χ0) is 13.4. The fraction of sp³-hybridized carbons (Fsp3) is 0.786. The molecule has 1 aliphatic rings. The molecular formula is C14H26N2O2. The molecule has 1 saturated heterocycles. The van der Waals surface area contributed by atoms with Crippen molar-refractivity contribution < 1.29 is 9.53 Å².